The zero-order valence-corrected chi connectivity index (χ0v) is 10.8. The molecule has 0 saturated carbocycles. The standard InChI is InChI=1S/C12H25NO3/c1-9(2)16-8-11(14)7-13(4)12-5-6-15-10(12)3/h9-12,14H,5-8H2,1-4H3. The van der Waals surface area contributed by atoms with Crippen molar-refractivity contribution in [2.45, 2.75) is 51.5 Å². The third kappa shape index (κ3) is 4.37. The van der Waals surface area contributed by atoms with Crippen molar-refractivity contribution in [2.75, 3.05) is 26.8 Å². The third-order valence-corrected chi connectivity index (χ3v) is 3.02. The van der Waals surface area contributed by atoms with E-state index in [0.717, 1.165) is 13.0 Å². The second-order valence-corrected chi connectivity index (χ2v) is 4.91. The normalized spacial score (nSPS) is 27.9. The highest BCUT2D eigenvalue weighted by Crippen LogP contribution is 2.18. The lowest BCUT2D eigenvalue weighted by molar-refractivity contribution is -0.0147. The molecule has 96 valence electrons. The highest BCUT2D eigenvalue weighted by atomic mass is 16.5. The van der Waals surface area contributed by atoms with Crippen molar-refractivity contribution in [2.24, 2.45) is 0 Å². The van der Waals surface area contributed by atoms with E-state index in [-0.39, 0.29) is 12.2 Å². The quantitative estimate of drug-likeness (QED) is 0.737. The van der Waals surface area contributed by atoms with E-state index in [1.807, 2.05) is 20.9 Å². The fraction of sp³-hybridized carbons (Fsp3) is 1.00. The van der Waals surface area contributed by atoms with Gasteiger partial charge in [-0.1, -0.05) is 0 Å². The summed E-state index contributed by atoms with van der Waals surface area (Å²) in [5.74, 6) is 0. The van der Waals surface area contributed by atoms with E-state index in [2.05, 4.69) is 11.8 Å². The second kappa shape index (κ2) is 6.55. The Labute approximate surface area is 98.5 Å². The Balaban J connectivity index is 2.24. The summed E-state index contributed by atoms with van der Waals surface area (Å²) in [6, 6.07) is 0.425. The van der Waals surface area contributed by atoms with Gasteiger partial charge < -0.3 is 14.6 Å². The van der Waals surface area contributed by atoms with E-state index in [1.54, 1.807) is 0 Å². The molecule has 3 atom stereocenters. The number of likely N-dealkylation sites (N-methyl/N-ethyl adjacent to an activating group) is 1. The van der Waals surface area contributed by atoms with Crippen LogP contribution in [0, 0.1) is 0 Å². The Morgan fingerprint density at radius 2 is 2.19 bits per heavy atom. The Hall–Kier alpha value is -0.160. The minimum atomic E-state index is -0.416. The largest absolute Gasteiger partial charge is 0.389 e. The summed E-state index contributed by atoms with van der Waals surface area (Å²) in [5, 5.41) is 9.81. The van der Waals surface area contributed by atoms with Crippen LogP contribution in [0.2, 0.25) is 0 Å². The van der Waals surface area contributed by atoms with Crippen LogP contribution in [-0.2, 0) is 9.47 Å². The molecule has 1 rings (SSSR count). The molecule has 1 N–H and O–H groups in total. The molecule has 0 radical (unpaired) electrons. The van der Waals surface area contributed by atoms with Crippen molar-refractivity contribution in [3.63, 3.8) is 0 Å². The van der Waals surface area contributed by atoms with Gasteiger partial charge in [0.1, 0.15) is 0 Å². The maximum absolute atomic E-state index is 9.81. The minimum Gasteiger partial charge on any atom is -0.389 e. The Morgan fingerprint density at radius 1 is 1.50 bits per heavy atom. The van der Waals surface area contributed by atoms with Gasteiger partial charge in [0.25, 0.3) is 0 Å². The molecule has 4 heteroatoms. The number of aliphatic hydroxyl groups is 1. The van der Waals surface area contributed by atoms with Crippen molar-refractivity contribution in [3.8, 4) is 0 Å². The Bertz CT molecular complexity index is 199. The van der Waals surface area contributed by atoms with Crippen LogP contribution in [-0.4, -0.2) is 61.2 Å². The first kappa shape index (κ1) is 13.9. The minimum absolute atomic E-state index is 0.175. The summed E-state index contributed by atoms with van der Waals surface area (Å²) in [7, 11) is 2.04. The van der Waals surface area contributed by atoms with Crippen LogP contribution in [0.25, 0.3) is 0 Å². The summed E-state index contributed by atoms with van der Waals surface area (Å²) in [6.45, 7) is 7.92. The van der Waals surface area contributed by atoms with Gasteiger partial charge in [0.05, 0.1) is 24.9 Å². The molecule has 0 aliphatic carbocycles. The lowest BCUT2D eigenvalue weighted by Gasteiger charge is -2.28. The van der Waals surface area contributed by atoms with Gasteiger partial charge in [-0.25, -0.2) is 0 Å². The SMILES string of the molecule is CC(C)OCC(O)CN(C)C1CCOC1C. The first-order valence-corrected chi connectivity index (χ1v) is 6.12. The predicted molar refractivity (Wildman–Crippen MR) is 63.5 cm³/mol. The van der Waals surface area contributed by atoms with Gasteiger partial charge in [0.2, 0.25) is 0 Å². The van der Waals surface area contributed by atoms with E-state index < -0.39 is 6.10 Å². The van der Waals surface area contributed by atoms with Crippen LogP contribution in [0.1, 0.15) is 27.2 Å². The zero-order valence-electron chi connectivity index (χ0n) is 10.8. The van der Waals surface area contributed by atoms with Crippen LogP contribution in [0.3, 0.4) is 0 Å². The number of nitrogens with zero attached hydrogens (tertiary/aromatic N) is 1. The zero-order chi connectivity index (χ0) is 12.1. The lowest BCUT2D eigenvalue weighted by atomic mass is 10.1. The molecule has 1 heterocycles. The third-order valence-electron chi connectivity index (χ3n) is 3.02. The summed E-state index contributed by atoms with van der Waals surface area (Å²) >= 11 is 0. The van der Waals surface area contributed by atoms with E-state index in [0.29, 0.717) is 19.2 Å². The Morgan fingerprint density at radius 3 is 2.69 bits per heavy atom. The molecule has 1 aliphatic heterocycles. The molecular weight excluding hydrogens is 206 g/mol. The molecule has 1 aliphatic rings. The Kier molecular flexibility index (Phi) is 5.69. The number of ether oxygens (including phenoxy) is 2. The van der Waals surface area contributed by atoms with E-state index in [4.69, 9.17) is 9.47 Å². The van der Waals surface area contributed by atoms with Gasteiger partial charge in [-0.15, -0.1) is 0 Å². The van der Waals surface area contributed by atoms with Crippen LogP contribution < -0.4 is 0 Å². The number of aliphatic hydroxyl groups excluding tert-OH is 1. The van der Waals surface area contributed by atoms with E-state index in [9.17, 15) is 5.11 Å². The predicted octanol–water partition coefficient (Wildman–Crippen LogP) is 0.881. The highest BCUT2D eigenvalue weighted by molar-refractivity contribution is 4.81. The monoisotopic (exact) mass is 231 g/mol. The van der Waals surface area contributed by atoms with E-state index in [1.165, 1.54) is 0 Å². The second-order valence-electron chi connectivity index (χ2n) is 4.91. The van der Waals surface area contributed by atoms with Crippen molar-refractivity contribution < 1.29 is 14.6 Å². The van der Waals surface area contributed by atoms with E-state index >= 15 is 0 Å². The first-order valence-electron chi connectivity index (χ1n) is 6.12. The molecule has 4 nitrogen and oxygen atoms in total. The summed E-state index contributed by atoms with van der Waals surface area (Å²) in [6.07, 6.45) is 1.08. The topological polar surface area (TPSA) is 41.9 Å². The van der Waals surface area contributed by atoms with Crippen molar-refractivity contribution in [3.05, 3.63) is 0 Å². The lowest BCUT2D eigenvalue weighted by Crippen LogP contribution is -2.42. The van der Waals surface area contributed by atoms with Crippen molar-refractivity contribution in [1.82, 2.24) is 4.90 Å². The average molecular weight is 231 g/mol. The average Bonchev–Trinajstić information content (AvgIpc) is 2.61. The maximum atomic E-state index is 9.81. The van der Waals surface area contributed by atoms with Crippen molar-refractivity contribution in [1.29, 1.82) is 0 Å². The molecule has 16 heavy (non-hydrogen) atoms. The van der Waals surface area contributed by atoms with Crippen LogP contribution in [0.5, 0.6) is 0 Å². The van der Waals surface area contributed by atoms with Gasteiger partial charge in [-0.05, 0) is 34.2 Å². The smallest absolute Gasteiger partial charge is 0.0900 e. The molecule has 0 aromatic heterocycles. The van der Waals surface area contributed by atoms with Gasteiger partial charge in [-0.3, -0.25) is 4.90 Å². The number of hydrogen-bond acceptors (Lipinski definition) is 4. The molecular formula is C12H25NO3. The highest BCUT2D eigenvalue weighted by Gasteiger charge is 2.28. The fourth-order valence-electron chi connectivity index (χ4n) is 2.12. The molecule has 0 aromatic rings. The van der Waals surface area contributed by atoms with Crippen LogP contribution in [0.15, 0.2) is 0 Å². The molecule has 0 aromatic carbocycles. The van der Waals surface area contributed by atoms with Crippen LogP contribution in [0.4, 0.5) is 0 Å². The molecule has 3 unspecified atom stereocenters. The molecule has 0 spiro atoms. The number of hydrogen-bond donors (Lipinski definition) is 1. The van der Waals surface area contributed by atoms with Gasteiger partial charge >= 0.3 is 0 Å². The van der Waals surface area contributed by atoms with Crippen molar-refractivity contribution >= 4 is 0 Å². The molecule has 0 bridgehead atoms. The fourth-order valence-corrected chi connectivity index (χ4v) is 2.12. The molecule has 0 amide bonds. The molecule has 1 fully saturated rings. The first-order chi connectivity index (χ1) is 7.50. The maximum Gasteiger partial charge on any atom is 0.0900 e. The van der Waals surface area contributed by atoms with Crippen LogP contribution >= 0.6 is 0 Å². The van der Waals surface area contributed by atoms with Gasteiger partial charge in [0.15, 0.2) is 0 Å². The molecule has 1 saturated heterocycles. The van der Waals surface area contributed by atoms with Gasteiger partial charge in [0, 0.05) is 19.2 Å². The summed E-state index contributed by atoms with van der Waals surface area (Å²) in [5.41, 5.74) is 0. The number of rotatable bonds is 6. The summed E-state index contributed by atoms with van der Waals surface area (Å²) < 4.78 is 10.9. The summed E-state index contributed by atoms with van der Waals surface area (Å²) in [4.78, 5) is 2.17. The van der Waals surface area contributed by atoms with Gasteiger partial charge in [-0.2, -0.15) is 0 Å².